The molecule has 84 valence electrons. The first-order chi connectivity index (χ1) is 7.70. The van der Waals surface area contributed by atoms with Crippen molar-refractivity contribution < 1.29 is 8.42 Å². The summed E-state index contributed by atoms with van der Waals surface area (Å²) in [7, 11) is -2.46. The summed E-state index contributed by atoms with van der Waals surface area (Å²) in [6.07, 6.45) is 0. The molecular formula is C12H13NO2S. The fourth-order valence-electron chi connectivity index (χ4n) is 0.981. The molecule has 0 spiro atoms. The number of hydrogen-bond donors (Lipinski definition) is 2. The Hall–Kier alpha value is -1.81. The first-order valence-corrected chi connectivity index (χ1v) is 5.88. The van der Waals surface area contributed by atoms with Crippen LogP contribution in [0.1, 0.15) is 0 Å². The molecule has 0 unspecified atom stereocenters. The molecular weight excluding hydrogens is 222 g/mol. The van der Waals surface area contributed by atoms with Crippen LogP contribution in [0.5, 0.6) is 0 Å². The fourth-order valence-corrected chi connectivity index (χ4v) is 1.37. The fraction of sp³-hybridized carbons (Fsp3) is 0. The van der Waals surface area contributed by atoms with Crippen LogP contribution in [0.2, 0.25) is 0 Å². The van der Waals surface area contributed by atoms with Gasteiger partial charge in [-0.05, 0) is 24.3 Å². The highest BCUT2D eigenvalue weighted by molar-refractivity contribution is 7.72. The SMILES string of the molecule is Nc1ccc([SH](=O)=O)cc1.c1ccccc1. The lowest BCUT2D eigenvalue weighted by atomic mass is 10.3. The van der Waals surface area contributed by atoms with Crippen molar-refractivity contribution in [3.8, 4) is 0 Å². The summed E-state index contributed by atoms with van der Waals surface area (Å²) in [5, 5.41) is 0. The van der Waals surface area contributed by atoms with Crippen molar-refractivity contribution >= 4 is 16.4 Å². The third-order valence-electron chi connectivity index (χ3n) is 1.77. The van der Waals surface area contributed by atoms with E-state index in [-0.39, 0.29) is 0 Å². The van der Waals surface area contributed by atoms with Gasteiger partial charge in [0.15, 0.2) is 10.7 Å². The molecule has 0 atom stereocenters. The van der Waals surface area contributed by atoms with E-state index in [2.05, 4.69) is 0 Å². The van der Waals surface area contributed by atoms with Crippen LogP contribution in [0.3, 0.4) is 0 Å². The monoisotopic (exact) mass is 235 g/mol. The Bertz CT molecular complexity index is 443. The molecule has 0 saturated carbocycles. The van der Waals surface area contributed by atoms with Gasteiger partial charge >= 0.3 is 0 Å². The zero-order chi connectivity index (χ0) is 11.8. The Morgan fingerprint density at radius 3 is 1.44 bits per heavy atom. The minimum Gasteiger partial charge on any atom is -0.399 e. The standard InChI is InChI=1S/C6H7NO2S.C6H6/c7-5-1-3-6(4-2-5)10(8)9;1-2-4-6-5-3-1/h1-4,10H,7H2;1-6H. The first kappa shape index (κ1) is 12.3. The maximum absolute atomic E-state index is 10.3. The van der Waals surface area contributed by atoms with Gasteiger partial charge in [0, 0.05) is 5.69 Å². The number of anilines is 1. The Balaban J connectivity index is 0.000000181. The van der Waals surface area contributed by atoms with Gasteiger partial charge < -0.3 is 5.73 Å². The molecule has 4 heteroatoms. The van der Waals surface area contributed by atoms with Gasteiger partial charge in [-0.3, -0.25) is 0 Å². The molecule has 0 aromatic heterocycles. The second kappa shape index (κ2) is 6.63. The lowest BCUT2D eigenvalue weighted by molar-refractivity contribution is 0.614. The molecule has 0 bridgehead atoms. The molecule has 0 amide bonds. The number of benzene rings is 2. The van der Waals surface area contributed by atoms with Crippen molar-refractivity contribution in [1.29, 1.82) is 0 Å². The van der Waals surface area contributed by atoms with Gasteiger partial charge in [-0.2, -0.15) is 0 Å². The van der Waals surface area contributed by atoms with Crippen LogP contribution in [0.15, 0.2) is 65.6 Å². The smallest absolute Gasteiger partial charge is 0.168 e. The summed E-state index contributed by atoms with van der Waals surface area (Å²) in [5.74, 6) is 0. The minimum absolute atomic E-state index is 0.296. The summed E-state index contributed by atoms with van der Waals surface area (Å²) in [5.41, 5.74) is 5.90. The largest absolute Gasteiger partial charge is 0.399 e. The van der Waals surface area contributed by atoms with Crippen molar-refractivity contribution in [3.05, 3.63) is 60.7 Å². The Morgan fingerprint density at radius 1 is 0.750 bits per heavy atom. The Morgan fingerprint density at radius 2 is 1.12 bits per heavy atom. The van der Waals surface area contributed by atoms with Crippen molar-refractivity contribution in [2.75, 3.05) is 5.73 Å². The summed E-state index contributed by atoms with van der Waals surface area (Å²) in [6, 6.07) is 18.1. The van der Waals surface area contributed by atoms with Crippen molar-refractivity contribution in [2.24, 2.45) is 0 Å². The first-order valence-electron chi connectivity index (χ1n) is 4.70. The molecule has 0 fully saturated rings. The van der Waals surface area contributed by atoms with Gasteiger partial charge in [0.2, 0.25) is 0 Å². The van der Waals surface area contributed by atoms with E-state index in [0.717, 1.165) is 0 Å². The Labute approximate surface area is 96.5 Å². The maximum Gasteiger partial charge on any atom is 0.168 e. The summed E-state index contributed by atoms with van der Waals surface area (Å²) >= 11 is 0. The topological polar surface area (TPSA) is 60.2 Å². The third-order valence-corrected chi connectivity index (χ3v) is 2.49. The third kappa shape index (κ3) is 4.61. The quantitative estimate of drug-likeness (QED) is 0.586. The van der Waals surface area contributed by atoms with E-state index >= 15 is 0 Å². The van der Waals surface area contributed by atoms with Crippen LogP contribution in [-0.4, -0.2) is 8.42 Å². The predicted octanol–water partition coefficient (Wildman–Crippen LogP) is 1.93. The van der Waals surface area contributed by atoms with Gasteiger partial charge in [-0.15, -0.1) is 0 Å². The van der Waals surface area contributed by atoms with Gasteiger partial charge in [0.25, 0.3) is 0 Å². The number of thiol groups is 1. The molecule has 0 aliphatic carbocycles. The maximum atomic E-state index is 10.3. The summed E-state index contributed by atoms with van der Waals surface area (Å²) in [4.78, 5) is 0.296. The van der Waals surface area contributed by atoms with E-state index in [9.17, 15) is 8.42 Å². The molecule has 0 heterocycles. The van der Waals surface area contributed by atoms with E-state index in [4.69, 9.17) is 5.73 Å². The zero-order valence-corrected chi connectivity index (χ0v) is 9.51. The van der Waals surface area contributed by atoms with Crippen LogP contribution < -0.4 is 5.73 Å². The average molecular weight is 235 g/mol. The Kier molecular flexibility index (Phi) is 5.08. The minimum atomic E-state index is -2.46. The van der Waals surface area contributed by atoms with E-state index in [1.807, 2.05) is 36.4 Å². The summed E-state index contributed by atoms with van der Waals surface area (Å²) in [6.45, 7) is 0. The molecule has 2 rings (SSSR count). The lowest BCUT2D eigenvalue weighted by Gasteiger charge is -1.90. The highest BCUT2D eigenvalue weighted by atomic mass is 32.2. The van der Waals surface area contributed by atoms with Crippen LogP contribution in [0.25, 0.3) is 0 Å². The summed E-state index contributed by atoms with van der Waals surface area (Å²) < 4.78 is 20.6. The predicted molar refractivity (Wildman–Crippen MR) is 65.9 cm³/mol. The molecule has 3 nitrogen and oxygen atoms in total. The molecule has 0 saturated heterocycles. The van der Waals surface area contributed by atoms with E-state index in [1.54, 1.807) is 12.1 Å². The van der Waals surface area contributed by atoms with Gasteiger partial charge in [0.1, 0.15) is 0 Å². The normalized spacial score (nSPS) is 9.31. The number of rotatable bonds is 1. The van der Waals surface area contributed by atoms with E-state index in [1.165, 1.54) is 12.1 Å². The van der Waals surface area contributed by atoms with E-state index in [0.29, 0.717) is 10.6 Å². The molecule has 0 aliphatic heterocycles. The molecule has 0 aliphatic rings. The average Bonchev–Trinajstić information content (AvgIpc) is 2.32. The van der Waals surface area contributed by atoms with Crippen molar-refractivity contribution in [3.63, 3.8) is 0 Å². The van der Waals surface area contributed by atoms with Gasteiger partial charge in [-0.25, -0.2) is 8.42 Å². The zero-order valence-electron chi connectivity index (χ0n) is 8.61. The lowest BCUT2D eigenvalue weighted by Crippen LogP contribution is -1.84. The second-order valence-electron chi connectivity index (χ2n) is 3.00. The van der Waals surface area contributed by atoms with Crippen LogP contribution in [-0.2, 0) is 10.7 Å². The molecule has 0 radical (unpaired) electrons. The molecule has 16 heavy (non-hydrogen) atoms. The highest BCUT2D eigenvalue weighted by Gasteiger charge is 1.90. The van der Waals surface area contributed by atoms with E-state index < -0.39 is 10.7 Å². The van der Waals surface area contributed by atoms with Crippen LogP contribution >= 0.6 is 0 Å². The van der Waals surface area contributed by atoms with Gasteiger partial charge in [-0.1, -0.05) is 36.4 Å². The number of hydrogen-bond acceptors (Lipinski definition) is 3. The molecule has 2 aromatic rings. The number of nitrogen functional groups attached to an aromatic ring is 1. The van der Waals surface area contributed by atoms with Crippen LogP contribution in [0.4, 0.5) is 5.69 Å². The molecule has 2 aromatic carbocycles. The van der Waals surface area contributed by atoms with Gasteiger partial charge in [0.05, 0.1) is 4.90 Å². The second-order valence-corrected chi connectivity index (χ2v) is 4.03. The highest BCUT2D eigenvalue weighted by Crippen LogP contribution is 2.05. The van der Waals surface area contributed by atoms with Crippen molar-refractivity contribution in [1.82, 2.24) is 0 Å². The van der Waals surface area contributed by atoms with Crippen molar-refractivity contribution in [2.45, 2.75) is 4.90 Å². The molecule has 2 N–H and O–H groups in total. The number of nitrogens with two attached hydrogens (primary N) is 1. The van der Waals surface area contributed by atoms with Crippen LogP contribution in [0, 0.1) is 0 Å².